The first-order chi connectivity index (χ1) is 7.29. The molecule has 1 unspecified atom stereocenters. The van der Waals surface area contributed by atoms with Crippen LogP contribution in [0.3, 0.4) is 0 Å². The summed E-state index contributed by atoms with van der Waals surface area (Å²) in [4.78, 5) is 0. The minimum atomic E-state index is -4.41. The molecule has 1 rings (SSSR count). The Morgan fingerprint density at radius 3 is 2.31 bits per heavy atom. The lowest BCUT2D eigenvalue weighted by Crippen LogP contribution is -2.10. The fraction of sp³-hybridized carbons (Fsp3) is 0.400. The van der Waals surface area contributed by atoms with Crippen molar-refractivity contribution in [3.63, 3.8) is 0 Å². The van der Waals surface area contributed by atoms with Gasteiger partial charge in [-0.25, -0.2) is 8.78 Å². The molecular weight excluding hydrogens is 231 g/mol. The van der Waals surface area contributed by atoms with Gasteiger partial charge in [-0.15, -0.1) is 0 Å². The predicted molar refractivity (Wildman–Crippen MR) is 46.6 cm³/mol. The van der Waals surface area contributed by atoms with Crippen molar-refractivity contribution >= 4 is 0 Å². The van der Waals surface area contributed by atoms with Gasteiger partial charge in [-0.05, 0) is 12.5 Å². The molecule has 1 aromatic rings. The van der Waals surface area contributed by atoms with Gasteiger partial charge in [0.1, 0.15) is 11.6 Å². The third-order valence-corrected chi connectivity index (χ3v) is 2.02. The maximum atomic E-state index is 13.0. The molecule has 0 aliphatic heterocycles. The highest BCUT2D eigenvalue weighted by atomic mass is 19.4. The summed E-state index contributed by atoms with van der Waals surface area (Å²) in [7, 11) is 0. The molecule has 16 heavy (non-hydrogen) atoms. The molecule has 90 valence electrons. The molecule has 1 N–H and O–H groups in total. The fourth-order valence-corrected chi connectivity index (χ4v) is 1.23. The number of hydrogen-bond acceptors (Lipinski definition) is 1. The van der Waals surface area contributed by atoms with E-state index < -0.39 is 36.8 Å². The molecule has 1 atom stereocenters. The highest BCUT2D eigenvalue weighted by molar-refractivity contribution is 5.20. The monoisotopic (exact) mass is 240 g/mol. The second kappa shape index (κ2) is 4.78. The zero-order valence-corrected chi connectivity index (χ0v) is 8.06. The van der Waals surface area contributed by atoms with Crippen molar-refractivity contribution in [2.45, 2.75) is 25.1 Å². The molecule has 0 spiro atoms. The number of hydrogen-bond donors (Lipinski definition) is 1. The van der Waals surface area contributed by atoms with Gasteiger partial charge in [0.2, 0.25) is 0 Å². The second-order valence-electron chi connectivity index (χ2n) is 3.34. The van der Waals surface area contributed by atoms with Crippen LogP contribution in [0, 0.1) is 11.6 Å². The van der Waals surface area contributed by atoms with Crippen LogP contribution in [0.15, 0.2) is 18.2 Å². The maximum absolute atomic E-state index is 13.0. The summed E-state index contributed by atoms with van der Waals surface area (Å²) in [5, 5.41) is 9.29. The van der Waals surface area contributed by atoms with Gasteiger partial charge >= 0.3 is 6.18 Å². The topological polar surface area (TPSA) is 20.2 Å². The van der Waals surface area contributed by atoms with Crippen LogP contribution in [0.4, 0.5) is 22.0 Å². The molecule has 0 fully saturated rings. The van der Waals surface area contributed by atoms with Crippen LogP contribution in [0.2, 0.25) is 0 Å². The van der Waals surface area contributed by atoms with Crippen molar-refractivity contribution < 1.29 is 27.1 Å². The standard InChI is InChI=1S/C10H9F5O/c11-6-1-2-7(8(12)5-6)9(16)3-4-10(13,14)15/h1-2,5,9,16H,3-4H2. The summed E-state index contributed by atoms with van der Waals surface area (Å²) in [6.07, 6.45) is -7.85. The summed E-state index contributed by atoms with van der Waals surface area (Å²) >= 11 is 0. The van der Waals surface area contributed by atoms with E-state index in [2.05, 4.69) is 0 Å². The number of aliphatic hydroxyl groups excluding tert-OH is 1. The SMILES string of the molecule is OC(CCC(F)(F)F)c1ccc(F)cc1F. The fourth-order valence-electron chi connectivity index (χ4n) is 1.23. The van der Waals surface area contributed by atoms with E-state index in [4.69, 9.17) is 0 Å². The van der Waals surface area contributed by atoms with E-state index >= 15 is 0 Å². The molecule has 0 bridgehead atoms. The summed E-state index contributed by atoms with van der Waals surface area (Å²) in [5.74, 6) is -1.89. The summed E-state index contributed by atoms with van der Waals surface area (Å²) in [6, 6.07) is 2.34. The number of alkyl halides is 3. The molecule has 0 radical (unpaired) electrons. The molecule has 0 aliphatic rings. The number of aliphatic hydroxyl groups is 1. The normalized spacial score (nSPS) is 13.9. The van der Waals surface area contributed by atoms with E-state index in [1.54, 1.807) is 0 Å². The average Bonchev–Trinajstić information content (AvgIpc) is 2.13. The lowest BCUT2D eigenvalue weighted by Gasteiger charge is -2.13. The van der Waals surface area contributed by atoms with Crippen molar-refractivity contribution in [2.24, 2.45) is 0 Å². The third kappa shape index (κ3) is 3.77. The van der Waals surface area contributed by atoms with Gasteiger partial charge in [0.05, 0.1) is 6.10 Å². The Morgan fingerprint density at radius 1 is 1.19 bits per heavy atom. The highest BCUT2D eigenvalue weighted by Crippen LogP contribution is 2.28. The molecule has 1 nitrogen and oxygen atoms in total. The molecule has 0 amide bonds. The van der Waals surface area contributed by atoms with E-state index in [1.807, 2.05) is 0 Å². The minimum absolute atomic E-state index is 0.328. The van der Waals surface area contributed by atoms with E-state index in [9.17, 15) is 27.1 Å². The Bertz CT molecular complexity index is 361. The maximum Gasteiger partial charge on any atom is 0.389 e. The molecule has 0 saturated heterocycles. The van der Waals surface area contributed by atoms with E-state index in [0.29, 0.717) is 6.07 Å². The lowest BCUT2D eigenvalue weighted by atomic mass is 10.0. The van der Waals surface area contributed by atoms with E-state index in [0.717, 1.165) is 12.1 Å². The lowest BCUT2D eigenvalue weighted by molar-refractivity contribution is -0.140. The Morgan fingerprint density at radius 2 is 1.81 bits per heavy atom. The largest absolute Gasteiger partial charge is 0.389 e. The van der Waals surface area contributed by atoms with Crippen molar-refractivity contribution in [3.05, 3.63) is 35.4 Å². The Balaban J connectivity index is 2.70. The number of benzene rings is 1. The van der Waals surface area contributed by atoms with Crippen molar-refractivity contribution in [3.8, 4) is 0 Å². The number of halogens is 5. The molecule has 0 aromatic heterocycles. The first-order valence-electron chi connectivity index (χ1n) is 4.49. The van der Waals surface area contributed by atoms with Gasteiger partial charge in [-0.3, -0.25) is 0 Å². The van der Waals surface area contributed by atoms with E-state index in [1.165, 1.54) is 0 Å². The average molecular weight is 240 g/mol. The minimum Gasteiger partial charge on any atom is -0.388 e. The molecule has 0 aliphatic carbocycles. The van der Waals surface area contributed by atoms with Gasteiger partial charge in [0.25, 0.3) is 0 Å². The van der Waals surface area contributed by atoms with Crippen LogP contribution < -0.4 is 0 Å². The van der Waals surface area contributed by atoms with Gasteiger partial charge in [0, 0.05) is 18.1 Å². The Kier molecular flexibility index (Phi) is 3.85. The summed E-state index contributed by atoms with van der Waals surface area (Å²) in [6.45, 7) is 0. The number of rotatable bonds is 3. The summed E-state index contributed by atoms with van der Waals surface area (Å²) < 4.78 is 61.0. The third-order valence-electron chi connectivity index (χ3n) is 2.02. The van der Waals surface area contributed by atoms with Crippen LogP contribution >= 0.6 is 0 Å². The van der Waals surface area contributed by atoms with Gasteiger partial charge in [0.15, 0.2) is 0 Å². The van der Waals surface area contributed by atoms with Crippen molar-refractivity contribution in [1.29, 1.82) is 0 Å². The molecule has 0 saturated carbocycles. The van der Waals surface area contributed by atoms with Crippen LogP contribution in [0.5, 0.6) is 0 Å². The Hall–Kier alpha value is -1.17. The molecule has 0 heterocycles. The van der Waals surface area contributed by atoms with E-state index in [-0.39, 0.29) is 5.56 Å². The zero-order chi connectivity index (χ0) is 12.3. The molecule has 6 heteroatoms. The van der Waals surface area contributed by atoms with Gasteiger partial charge < -0.3 is 5.11 Å². The van der Waals surface area contributed by atoms with Gasteiger partial charge in [-0.1, -0.05) is 6.07 Å². The summed E-state index contributed by atoms with van der Waals surface area (Å²) in [5.41, 5.74) is -0.328. The first-order valence-corrected chi connectivity index (χ1v) is 4.49. The van der Waals surface area contributed by atoms with Crippen molar-refractivity contribution in [1.82, 2.24) is 0 Å². The first kappa shape index (κ1) is 12.9. The molecular formula is C10H9F5O. The predicted octanol–water partition coefficient (Wildman–Crippen LogP) is 3.34. The van der Waals surface area contributed by atoms with Crippen LogP contribution in [-0.4, -0.2) is 11.3 Å². The van der Waals surface area contributed by atoms with Crippen LogP contribution in [0.1, 0.15) is 24.5 Å². The zero-order valence-electron chi connectivity index (χ0n) is 8.06. The smallest absolute Gasteiger partial charge is 0.388 e. The highest BCUT2D eigenvalue weighted by Gasteiger charge is 2.28. The van der Waals surface area contributed by atoms with Crippen LogP contribution in [-0.2, 0) is 0 Å². The van der Waals surface area contributed by atoms with Gasteiger partial charge in [-0.2, -0.15) is 13.2 Å². The second-order valence-corrected chi connectivity index (χ2v) is 3.34. The Labute approximate surface area is 88.5 Å². The van der Waals surface area contributed by atoms with Crippen LogP contribution in [0.25, 0.3) is 0 Å². The van der Waals surface area contributed by atoms with Crippen molar-refractivity contribution in [2.75, 3.05) is 0 Å². The molecule has 1 aromatic carbocycles. The quantitative estimate of drug-likeness (QED) is 0.803.